The van der Waals surface area contributed by atoms with Crippen LogP contribution in [0.15, 0.2) is 30.3 Å². The Kier molecular flexibility index (Phi) is 5.89. The summed E-state index contributed by atoms with van der Waals surface area (Å²) in [5.74, 6) is 0.649. The van der Waals surface area contributed by atoms with Crippen LogP contribution >= 0.6 is 0 Å². The van der Waals surface area contributed by atoms with Crippen LogP contribution in [-0.2, 0) is 0 Å². The molecule has 2 N–H and O–H groups in total. The van der Waals surface area contributed by atoms with E-state index in [-0.39, 0.29) is 0 Å². The Bertz CT molecular complexity index is 415. The molecule has 106 valence electrons. The van der Waals surface area contributed by atoms with Crippen LogP contribution in [0.25, 0.3) is 6.08 Å². The van der Waals surface area contributed by atoms with Gasteiger partial charge in [-0.05, 0) is 24.1 Å². The minimum absolute atomic E-state index is 0.603. The summed E-state index contributed by atoms with van der Waals surface area (Å²) in [5, 5.41) is 0. The number of unbranched alkanes of at least 4 members (excludes halogenated alkanes) is 1. The van der Waals surface area contributed by atoms with Gasteiger partial charge in [0, 0.05) is 0 Å². The third-order valence-electron chi connectivity index (χ3n) is 2.50. The number of ether oxygens (including phenoxy) is 1. The Hall–Kier alpha value is -1.49. The molecular weight excluding hydrogens is 255 g/mol. The second-order valence-electron chi connectivity index (χ2n) is 4.20. The normalized spacial score (nSPS) is 13.7. The molecule has 0 aliphatic heterocycles. The highest BCUT2D eigenvalue weighted by molar-refractivity contribution is 5.52. The molecule has 0 heterocycles. The average Bonchev–Trinajstić information content (AvgIpc) is 2.35. The Morgan fingerprint density at radius 2 is 2.11 bits per heavy atom. The molecule has 0 aromatic heterocycles. The van der Waals surface area contributed by atoms with Gasteiger partial charge in [0.2, 0.25) is 0 Å². The zero-order chi connectivity index (χ0) is 14.3. The maximum Gasteiger partial charge on any atom is 0.407 e. The summed E-state index contributed by atoms with van der Waals surface area (Å²) in [6.07, 6.45) is -0.152. The lowest BCUT2D eigenvalue weighted by Gasteiger charge is -2.11. The summed E-state index contributed by atoms with van der Waals surface area (Å²) in [5.41, 5.74) is 5.62. The van der Waals surface area contributed by atoms with Gasteiger partial charge in [-0.15, -0.1) is 0 Å². The van der Waals surface area contributed by atoms with Gasteiger partial charge in [-0.25, -0.2) is 0 Å². The first-order valence-electron chi connectivity index (χ1n) is 6.17. The highest BCUT2D eigenvalue weighted by Gasteiger charge is 2.34. The Morgan fingerprint density at radius 1 is 1.37 bits per heavy atom. The molecule has 19 heavy (non-hydrogen) atoms. The summed E-state index contributed by atoms with van der Waals surface area (Å²) < 4.78 is 42.2. The van der Waals surface area contributed by atoms with Crippen molar-refractivity contribution in [1.82, 2.24) is 0 Å². The summed E-state index contributed by atoms with van der Waals surface area (Å²) in [7, 11) is 0. The fourth-order valence-corrected chi connectivity index (χ4v) is 1.37. The zero-order valence-corrected chi connectivity index (χ0v) is 10.8. The first kappa shape index (κ1) is 15.6. The number of halogens is 3. The van der Waals surface area contributed by atoms with Gasteiger partial charge >= 0.3 is 6.18 Å². The van der Waals surface area contributed by atoms with E-state index in [4.69, 9.17) is 10.5 Å². The molecule has 0 amide bonds. The van der Waals surface area contributed by atoms with Crippen molar-refractivity contribution in [3.63, 3.8) is 0 Å². The monoisotopic (exact) mass is 273 g/mol. The third-order valence-corrected chi connectivity index (χ3v) is 2.50. The van der Waals surface area contributed by atoms with Gasteiger partial charge in [-0.2, -0.15) is 13.2 Å². The first-order valence-corrected chi connectivity index (χ1v) is 6.17. The van der Waals surface area contributed by atoms with Crippen LogP contribution in [0.5, 0.6) is 5.75 Å². The summed E-state index contributed by atoms with van der Waals surface area (Å²) in [6, 6.07) is 4.95. The van der Waals surface area contributed by atoms with Crippen molar-refractivity contribution in [3.05, 3.63) is 35.9 Å². The summed E-state index contributed by atoms with van der Waals surface area (Å²) in [4.78, 5) is 0. The molecule has 1 aromatic rings. The lowest BCUT2D eigenvalue weighted by atomic mass is 10.1. The number of alkyl halides is 3. The minimum Gasteiger partial charge on any atom is -0.494 e. The zero-order valence-electron chi connectivity index (χ0n) is 10.8. The predicted molar refractivity (Wildman–Crippen MR) is 69.9 cm³/mol. The number of rotatable bonds is 6. The van der Waals surface area contributed by atoms with E-state index in [9.17, 15) is 13.2 Å². The largest absolute Gasteiger partial charge is 0.494 e. The second kappa shape index (κ2) is 7.19. The van der Waals surface area contributed by atoms with Gasteiger partial charge in [-0.1, -0.05) is 37.6 Å². The number of hydrogen-bond donors (Lipinski definition) is 1. The predicted octanol–water partition coefficient (Wildman–Crippen LogP) is 3.77. The van der Waals surface area contributed by atoms with E-state index in [1.165, 1.54) is 6.08 Å². The molecule has 0 unspecified atom stereocenters. The molecule has 2 nitrogen and oxygen atoms in total. The van der Waals surface area contributed by atoms with Crippen LogP contribution in [0, 0.1) is 0 Å². The topological polar surface area (TPSA) is 35.2 Å². The highest BCUT2D eigenvalue weighted by Crippen LogP contribution is 2.21. The van der Waals surface area contributed by atoms with Gasteiger partial charge in [-0.3, -0.25) is 0 Å². The number of nitrogens with two attached hydrogens (primary N) is 1. The molecule has 0 radical (unpaired) electrons. The van der Waals surface area contributed by atoms with Crippen molar-refractivity contribution in [2.75, 3.05) is 6.61 Å². The second-order valence-corrected chi connectivity index (χ2v) is 4.20. The van der Waals surface area contributed by atoms with Crippen LogP contribution in [0.4, 0.5) is 13.2 Å². The fourth-order valence-electron chi connectivity index (χ4n) is 1.37. The van der Waals surface area contributed by atoms with Crippen LogP contribution in [0.1, 0.15) is 25.3 Å². The first-order chi connectivity index (χ1) is 8.93. The van der Waals surface area contributed by atoms with E-state index in [0.29, 0.717) is 17.9 Å². The van der Waals surface area contributed by atoms with Crippen molar-refractivity contribution in [2.24, 2.45) is 5.73 Å². The van der Waals surface area contributed by atoms with Crippen LogP contribution < -0.4 is 10.5 Å². The van der Waals surface area contributed by atoms with Gasteiger partial charge in [0.15, 0.2) is 0 Å². The minimum atomic E-state index is -4.41. The smallest absolute Gasteiger partial charge is 0.407 e. The Labute approximate surface area is 111 Å². The Balaban J connectivity index is 2.64. The molecule has 1 rings (SSSR count). The molecule has 1 aromatic carbocycles. The van der Waals surface area contributed by atoms with Crippen LogP contribution in [0.2, 0.25) is 0 Å². The lowest BCUT2D eigenvalue weighted by molar-refractivity contribution is -0.136. The van der Waals surface area contributed by atoms with E-state index in [2.05, 4.69) is 6.92 Å². The van der Waals surface area contributed by atoms with E-state index in [1.54, 1.807) is 24.3 Å². The van der Waals surface area contributed by atoms with E-state index in [0.717, 1.165) is 18.9 Å². The van der Waals surface area contributed by atoms with Crippen molar-refractivity contribution in [3.8, 4) is 5.75 Å². The molecule has 0 fully saturated rings. The number of hydrogen-bond acceptors (Lipinski definition) is 2. The van der Waals surface area contributed by atoms with Gasteiger partial charge in [0.1, 0.15) is 11.8 Å². The van der Waals surface area contributed by atoms with E-state index >= 15 is 0 Å². The Morgan fingerprint density at radius 3 is 2.74 bits per heavy atom. The third kappa shape index (κ3) is 5.79. The maximum absolute atomic E-state index is 12.2. The molecule has 0 saturated carbocycles. The van der Waals surface area contributed by atoms with Crippen LogP contribution in [0.3, 0.4) is 0 Å². The molecular formula is C14H18F3NO. The van der Waals surface area contributed by atoms with Gasteiger partial charge in [0.05, 0.1) is 6.61 Å². The number of benzene rings is 1. The lowest BCUT2D eigenvalue weighted by Crippen LogP contribution is -2.35. The maximum atomic E-state index is 12.2. The standard InChI is InChI=1S/C14H18F3NO/c1-2-3-9-19-12-6-4-5-11(10-12)7-8-13(18)14(15,16)17/h4-8,10,13H,2-3,9,18H2,1H3/t13-/m0/s1. The van der Waals surface area contributed by atoms with Crippen molar-refractivity contribution in [1.29, 1.82) is 0 Å². The van der Waals surface area contributed by atoms with Crippen molar-refractivity contribution >= 4 is 6.08 Å². The fraction of sp³-hybridized carbons (Fsp3) is 0.429. The summed E-state index contributed by atoms with van der Waals surface area (Å²) in [6.45, 7) is 2.66. The van der Waals surface area contributed by atoms with Crippen molar-refractivity contribution < 1.29 is 17.9 Å². The van der Waals surface area contributed by atoms with Gasteiger partial charge < -0.3 is 10.5 Å². The molecule has 1 atom stereocenters. The average molecular weight is 273 g/mol. The molecule has 0 aliphatic rings. The molecule has 0 spiro atoms. The van der Waals surface area contributed by atoms with Crippen molar-refractivity contribution in [2.45, 2.75) is 32.0 Å². The molecule has 5 heteroatoms. The molecule has 0 bridgehead atoms. The molecule has 0 saturated heterocycles. The SMILES string of the molecule is CCCCOc1cccc(C=C[C@H](N)C(F)(F)F)c1. The van der Waals surface area contributed by atoms with Gasteiger partial charge in [0.25, 0.3) is 0 Å². The summed E-state index contributed by atoms with van der Waals surface area (Å²) >= 11 is 0. The highest BCUT2D eigenvalue weighted by atomic mass is 19.4. The van der Waals surface area contributed by atoms with E-state index < -0.39 is 12.2 Å². The van der Waals surface area contributed by atoms with E-state index in [1.807, 2.05) is 0 Å². The molecule has 0 aliphatic carbocycles. The quantitative estimate of drug-likeness (QED) is 0.801. The van der Waals surface area contributed by atoms with Crippen LogP contribution in [-0.4, -0.2) is 18.8 Å².